The summed E-state index contributed by atoms with van der Waals surface area (Å²) in [6, 6.07) is 5.43. The second-order valence-corrected chi connectivity index (χ2v) is 3.91. The lowest BCUT2D eigenvalue weighted by molar-refractivity contribution is 0.0373. The summed E-state index contributed by atoms with van der Waals surface area (Å²) >= 11 is 0. The van der Waals surface area contributed by atoms with Crippen molar-refractivity contribution in [3.05, 3.63) is 23.8 Å². The molecule has 0 spiro atoms. The molecule has 1 aromatic rings. The molecular weight excluding hydrogens is 206 g/mol. The molecule has 1 heterocycles. The molecule has 0 bridgehead atoms. The Bertz CT molecular complexity index is 401. The second-order valence-electron chi connectivity index (χ2n) is 3.91. The molecule has 0 aliphatic carbocycles. The molecule has 16 heavy (non-hydrogen) atoms. The van der Waals surface area contributed by atoms with Crippen LogP contribution in [0.4, 0.5) is 5.69 Å². The summed E-state index contributed by atoms with van der Waals surface area (Å²) < 4.78 is 10.6. The van der Waals surface area contributed by atoms with Gasteiger partial charge in [-0.05, 0) is 26.0 Å². The third-order valence-corrected chi connectivity index (χ3v) is 2.24. The smallest absolute Gasteiger partial charge is 0.342 e. The number of carbonyl (C=O) groups is 1. The minimum atomic E-state index is -0.337. The van der Waals surface area contributed by atoms with Gasteiger partial charge < -0.3 is 14.8 Å². The first-order chi connectivity index (χ1) is 7.68. The van der Waals surface area contributed by atoms with Gasteiger partial charge in [0.05, 0.1) is 11.8 Å². The van der Waals surface area contributed by atoms with E-state index < -0.39 is 0 Å². The zero-order chi connectivity index (χ0) is 11.5. The predicted octanol–water partition coefficient (Wildman–Crippen LogP) is 2.06. The molecule has 0 amide bonds. The van der Waals surface area contributed by atoms with Gasteiger partial charge in [0.25, 0.3) is 0 Å². The summed E-state index contributed by atoms with van der Waals surface area (Å²) in [7, 11) is 0. The van der Waals surface area contributed by atoms with Crippen LogP contribution in [0.2, 0.25) is 0 Å². The van der Waals surface area contributed by atoms with Gasteiger partial charge in [-0.2, -0.15) is 0 Å². The van der Waals surface area contributed by atoms with Crippen LogP contribution in [0.15, 0.2) is 18.2 Å². The summed E-state index contributed by atoms with van der Waals surface area (Å²) in [5, 5.41) is 3.18. The molecule has 86 valence electrons. The molecule has 0 aromatic heterocycles. The molecule has 0 atom stereocenters. The first-order valence-electron chi connectivity index (χ1n) is 5.39. The van der Waals surface area contributed by atoms with Crippen LogP contribution in [0.25, 0.3) is 0 Å². The van der Waals surface area contributed by atoms with Crippen LogP contribution >= 0.6 is 0 Å². The summed E-state index contributed by atoms with van der Waals surface area (Å²) in [6.45, 7) is 4.98. The van der Waals surface area contributed by atoms with Gasteiger partial charge in [0.15, 0.2) is 5.75 Å². The van der Waals surface area contributed by atoms with Gasteiger partial charge in [0.1, 0.15) is 12.2 Å². The largest absolute Gasteiger partial charge is 0.489 e. The van der Waals surface area contributed by atoms with Gasteiger partial charge in [0, 0.05) is 6.54 Å². The van der Waals surface area contributed by atoms with Crippen LogP contribution in [0.3, 0.4) is 0 Å². The maximum Gasteiger partial charge on any atom is 0.342 e. The van der Waals surface area contributed by atoms with E-state index in [9.17, 15) is 4.79 Å². The van der Waals surface area contributed by atoms with Crippen molar-refractivity contribution in [2.75, 3.05) is 18.5 Å². The van der Waals surface area contributed by atoms with Crippen molar-refractivity contribution in [2.45, 2.75) is 20.0 Å². The molecule has 1 aromatic carbocycles. The fourth-order valence-electron chi connectivity index (χ4n) is 1.61. The molecule has 0 saturated carbocycles. The first kappa shape index (κ1) is 10.8. The van der Waals surface area contributed by atoms with Crippen LogP contribution in [0.1, 0.15) is 24.2 Å². The molecule has 4 nitrogen and oxygen atoms in total. The number of hydrogen-bond donors (Lipinski definition) is 1. The predicted molar refractivity (Wildman–Crippen MR) is 61.0 cm³/mol. The number of fused-ring (bicyclic) bond motifs is 1. The highest BCUT2D eigenvalue weighted by molar-refractivity contribution is 5.95. The SMILES string of the molecule is CC(C)OC(=O)c1cccc2c1OCCN2. The normalized spacial score (nSPS) is 13.7. The number of esters is 1. The van der Waals surface area contributed by atoms with Crippen molar-refractivity contribution >= 4 is 11.7 Å². The Hall–Kier alpha value is -1.71. The number of para-hydroxylation sites is 1. The summed E-state index contributed by atoms with van der Waals surface area (Å²) in [5.74, 6) is 0.259. The number of rotatable bonds is 2. The van der Waals surface area contributed by atoms with Crippen LogP contribution in [0.5, 0.6) is 5.75 Å². The lowest BCUT2D eigenvalue weighted by atomic mass is 10.1. The van der Waals surface area contributed by atoms with Gasteiger partial charge in [-0.3, -0.25) is 0 Å². The average molecular weight is 221 g/mol. The highest BCUT2D eigenvalue weighted by atomic mass is 16.5. The second kappa shape index (κ2) is 4.43. The van der Waals surface area contributed by atoms with Crippen molar-refractivity contribution in [1.82, 2.24) is 0 Å². The van der Waals surface area contributed by atoms with Gasteiger partial charge in [-0.1, -0.05) is 6.07 Å². The van der Waals surface area contributed by atoms with E-state index in [1.807, 2.05) is 26.0 Å². The van der Waals surface area contributed by atoms with E-state index in [4.69, 9.17) is 9.47 Å². The Labute approximate surface area is 94.6 Å². The summed E-state index contributed by atoms with van der Waals surface area (Å²) in [4.78, 5) is 11.8. The Kier molecular flexibility index (Phi) is 2.99. The Morgan fingerprint density at radius 1 is 1.50 bits per heavy atom. The maximum absolute atomic E-state index is 11.8. The molecular formula is C12H15NO3. The van der Waals surface area contributed by atoms with E-state index in [1.165, 1.54) is 0 Å². The number of benzene rings is 1. The quantitative estimate of drug-likeness (QED) is 0.776. The van der Waals surface area contributed by atoms with E-state index in [2.05, 4.69) is 5.32 Å². The highest BCUT2D eigenvalue weighted by Gasteiger charge is 2.20. The molecule has 0 unspecified atom stereocenters. The fourth-order valence-corrected chi connectivity index (χ4v) is 1.61. The van der Waals surface area contributed by atoms with Gasteiger partial charge in [-0.15, -0.1) is 0 Å². The monoisotopic (exact) mass is 221 g/mol. The third-order valence-electron chi connectivity index (χ3n) is 2.24. The van der Waals surface area contributed by atoms with Crippen molar-refractivity contribution in [3.63, 3.8) is 0 Å². The maximum atomic E-state index is 11.8. The summed E-state index contributed by atoms with van der Waals surface area (Å²) in [6.07, 6.45) is -0.125. The summed E-state index contributed by atoms with van der Waals surface area (Å²) in [5.41, 5.74) is 1.34. The molecule has 0 fully saturated rings. The number of hydrogen-bond acceptors (Lipinski definition) is 4. The zero-order valence-corrected chi connectivity index (χ0v) is 9.45. The van der Waals surface area contributed by atoms with Crippen LogP contribution in [-0.4, -0.2) is 25.2 Å². The molecule has 1 aliphatic rings. The average Bonchev–Trinajstić information content (AvgIpc) is 2.27. The zero-order valence-electron chi connectivity index (χ0n) is 9.45. The van der Waals surface area contributed by atoms with Crippen molar-refractivity contribution < 1.29 is 14.3 Å². The first-order valence-corrected chi connectivity index (χ1v) is 5.39. The molecule has 1 N–H and O–H groups in total. The Morgan fingerprint density at radius 2 is 2.31 bits per heavy atom. The topological polar surface area (TPSA) is 47.6 Å². The van der Waals surface area contributed by atoms with E-state index >= 15 is 0 Å². The fraction of sp³-hybridized carbons (Fsp3) is 0.417. The minimum absolute atomic E-state index is 0.125. The number of ether oxygens (including phenoxy) is 2. The Morgan fingerprint density at radius 3 is 3.06 bits per heavy atom. The van der Waals surface area contributed by atoms with E-state index in [0.29, 0.717) is 17.9 Å². The lowest BCUT2D eigenvalue weighted by Gasteiger charge is -2.21. The van der Waals surface area contributed by atoms with E-state index in [-0.39, 0.29) is 12.1 Å². The Balaban J connectivity index is 2.30. The standard InChI is InChI=1S/C12H15NO3/c1-8(2)16-12(14)9-4-3-5-10-11(9)15-7-6-13-10/h3-5,8,13H,6-7H2,1-2H3. The molecule has 0 saturated heterocycles. The minimum Gasteiger partial charge on any atom is -0.489 e. The lowest BCUT2D eigenvalue weighted by Crippen LogP contribution is -2.21. The number of anilines is 1. The highest BCUT2D eigenvalue weighted by Crippen LogP contribution is 2.31. The molecule has 0 radical (unpaired) electrons. The van der Waals surface area contributed by atoms with Gasteiger partial charge in [-0.25, -0.2) is 4.79 Å². The van der Waals surface area contributed by atoms with E-state index in [0.717, 1.165) is 12.2 Å². The molecule has 1 aliphatic heterocycles. The molecule has 2 rings (SSSR count). The van der Waals surface area contributed by atoms with Crippen molar-refractivity contribution in [2.24, 2.45) is 0 Å². The molecule has 4 heteroatoms. The number of carbonyl (C=O) groups excluding carboxylic acids is 1. The van der Waals surface area contributed by atoms with Gasteiger partial charge >= 0.3 is 5.97 Å². The van der Waals surface area contributed by atoms with Gasteiger partial charge in [0.2, 0.25) is 0 Å². The van der Waals surface area contributed by atoms with Crippen molar-refractivity contribution in [1.29, 1.82) is 0 Å². The van der Waals surface area contributed by atoms with Crippen LogP contribution in [0, 0.1) is 0 Å². The van der Waals surface area contributed by atoms with Crippen LogP contribution < -0.4 is 10.1 Å². The van der Waals surface area contributed by atoms with Crippen LogP contribution in [-0.2, 0) is 4.74 Å². The van der Waals surface area contributed by atoms with Crippen molar-refractivity contribution in [3.8, 4) is 5.75 Å². The third kappa shape index (κ3) is 2.10. The van der Waals surface area contributed by atoms with E-state index in [1.54, 1.807) is 6.07 Å². The number of nitrogens with one attached hydrogen (secondary N) is 1.